The van der Waals surface area contributed by atoms with E-state index in [1.807, 2.05) is 12.1 Å². The molecule has 0 fully saturated rings. The van der Waals surface area contributed by atoms with Crippen LogP contribution in [0.1, 0.15) is 18.0 Å². The maximum Gasteiger partial charge on any atom is 0.352 e. The molecule has 0 radical (unpaired) electrons. The molecule has 2 aromatic carbocycles. The van der Waals surface area contributed by atoms with Crippen LogP contribution in [0.15, 0.2) is 60.2 Å². The normalized spacial score (nSPS) is 15.5. The molecular formula is C18H15Cl3N6O2. The fourth-order valence-electron chi connectivity index (χ4n) is 2.68. The van der Waals surface area contributed by atoms with Crippen molar-refractivity contribution in [2.24, 2.45) is 5.10 Å². The lowest BCUT2D eigenvalue weighted by Gasteiger charge is -2.25. The molecule has 1 aliphatic rings. The van der Waals surface area contributed by atoms with Gasteiger partial charge in [-0.05, 0) is 35.9 Å². The zero-order valence-electron chi connectivity index (χ0n) is 14.8. The van der Waals surface area contributed by atoms with Crippen molar-refractivity contribution in [1.29, 1.82) is 0 Å². The molecule has 8 nitrogen and oxygen atoms in total. The predicted octanol–water partition coefficient (Wildman–Crippen LogP) is 4.03. The molecule has 1 aromatic heterocycles. The molecule has 1 atom stereocenters. The van der Waals surface area contributed by atoms with E-state index < -0.39 is 5.97 Å². The summed E-state index contributed by atoms with van der Waals surface area (Å²) in [5.41, 5.74) is 1.59. The molecule has 4 rings (SSSR count). The summed E-state index contributed by atoms with van der Waals surface area (Å²) in [5, 5.41) is 23.4. The Kier molecular flexibility index (Phi) is 6.58. The molecule has 11 heteroatoms. The number of benzene rings is 2. The van der Waals surface area contributed by atoms with Gasteiger partial charge in [0.15, 0.2) is 0 Å². The van der Waals surface area contributed by atoms with Gasteiger partial charge in [0.1, 0.15) is 18.4 Å². The molecule has 0 spiro atoms. The first kappa shape index (κ1) is 20.9. The van der Waals surface area contributed by atoms with Crippen molar-refractivity contribution in [1.82, 2.24) is 14.9 Å². The third-order valence-corrected chi connectivity index (χ3v) is 4.79. The molecule has 3 N–H and O–H groups in total. The van der Waals surface area contributed by atoms with Crippen molar-refractivity contribution in [2.45, 2.75) is 12.5 Å². The second kappa shape index (κ2) is 9.13. The monoisotopic (exact) mass is 452 g/mol. The van der Waals surface area contributed by atoms with Crippen LogP contribution in [-0.4, -0.2) is 31.7 Å². The zero-order chi connectivity index (χ0) is 21.0. The Hall–Kier alpha value is -2.81. The highest BCUT2D eigenvalue weighted by atomic mass is 35.5. The summed E-state index contributed by atoms with van der Waals surface area (Å²) in [7, 11) is 0. The van der Waals surface area contributed by atoms with Crippen molar-refractivity contribution in [2.75, 3.05) is 10.9 Å². The molecular weight excluding hydrogens is 439 g/mol. The van der Waals surface area contributed by atoms with Gasteiger partial charge in [-0.1, -0.05) is 46.9 Å². The number of hydrogen-bond donors (Lipinski definition) is 2. The van der Waals surface area contributed by atoms with E-state index in [9.17, 15) is 9.90 Å². The zero-order valence-corrected chi connectivity index (χ0v) is 17.1. The highest BCUT2D eigenvalue weighted by Gasteiger charge is 2.33. The third kappa shape index (κ3) is 5.17. The highest BCUT2D eigenvalue weighted by molar-refractivity contribution is 6.38. The molecule has 0 bridgehead atoms. The maximum absolute atomic E-state index is 11.3. The largest absolute Gasteiger partial charge is 0.477 e. The lowest BCUT2D eigenvalue weighted by atomic mass is 10.0. The van der Waals surface area contributed by atoms with Crippen LogP contribution in [0.5, 0.6) is 0 Å². The maximum atomic E-state index is 11.3. The van der Waals surface area contributed by atoms with Crippen LogP contribution >= 0.6 is 34.8 Å². The van der Waals surface area contributed by atoms with E-state index in [0.717, 1.165) is 5.56 Å². The smallest absolute Gasteiger partial charge is 0.352 e. The predicted molar refractivity (Wildman–Crippen MR) is 113 cm³/mol. The number of rotatable bonds is 3. The number of anilines is 1. The van der Waals surface area contributed by atoms with E-state index in [-0.39, 0.29) is 18.2 Å². The molecule has 0 saturated heterocycles. The topological polar surface area (TPSA) is 110 Å². The van der Waals surface area contributed by atoms with Crippen LogP contribution in [0.4, 0.5) is 5.69 Å². The Bertz CT molecular complexity index is 1020. The number of nitrogens with zero attached hydrogens (tertiary/aromatic N) is 5. The molecule has 2 heterocycles. The van der Waals surface area contributed by atoms with Gasteiger partial charge in [-0.25, -0.2) is 9.47 Å². The van der Waals surface area contributed by atoms with Gasteiger partial charge in [0.2, 0.25) is 0 Å². The van der Waals surface area contributed by atoms with Crippen LogP contribution in [-0.2, 0) is 4.79 Å². The van der Waals surface area contributed by atoms with Crippen LogP contribution in [0, 0.1) is 0 Å². The molecule has 1 aliphatic heterocycles. The van der Waals surface area contributed by atoms with E-state index in [0.29, 0.717) is 20.8 Å². The van der Waals surface area contributed by atoms with Gasteiger partial charge in [-0.15, -0.1) is 10.2 Å². The number of nitrogen functional groups attached to an aromatic ring is 1. The average Bonchev–Trinajstić information content (AvgIpc) is 3.32. The first-order chi connectivity index (χ1) is 13.8. The number of halogens is 3. The third-order valence-electron chi connectivity index (χ3n) is 4.01. The van der Waals surface area contributed by atoms with Crippen LogP contribution in [0.3, 0.4) is 0 Å². The molecule has 0 aliphatic carbocycles. The van der Waals surface area contributed by atoms with Crippen molar-refractivity contribution in [3.63, 3.8) is 0 Å². The highest BCUT2D eigenvalue weighted by Crippen LogP contribution is 2.39. The summed E-state index contributed by atoms with van der Waals surface area (Å²) < 4.78 is 1.28. The van der Waals surface area contributed by atoms with Gasteiger partial charge in [0, 0.05) is 16.5 Å². The van der Waals surface area contributed by atoms with Gasteiger partial charge >= 0.3 is 5.97 Å². The van der Waals surface area contributed by atoms with Crippen molar-refractivity contribution in [3.05, 3.63) is 75.8 Å². The minimum atomic E-state index is -1.04. The lowest BCUT2D eigenvalue weighted by molar-refractivity contribution is -0.129. The number of aromatic nitrogens is 3. The molecule has 0 saturated carbocycles. The number of nitrogens with two attached hydrogens (primary N) is 1. The van der Waals surface area contributed by atoms with E-state index in [4.69, 9.17) is 40.6 Å². The first-order valence-corrected chi connectivity index (χ1v) is 9.38. The average molecular weight is 454 g/mol. The molecule has 0 amide bonds. The van der Waals surface area contributed by atoms with E-state index in [1.165, 1.54) is 17.3 Å². The van der Waals surface area contributed by atoms with E-state index >= 15 is 0 Å². The fourth-order valence-corrected chi connectivity index (χ4v) is 3.30. The number of carboxylic acid groups (broad SMARTS) is 1. The van der Waals surface area contributed by atoms with E-state index in [2.05, 4.69) is 15.3 Å². The Morgan fingerprint density at radius 1 is 1.03 bits per heavy atom. The number of aliphatic carboxylic acids is 1. The lowest BCUT2D eigenvalue weighted by Crippen LogP contribution is -2.19. The SMILES string of the molecule is Nn1cnnc1.O=C(O)C1=NN(c2ccc(Cl)cc2Cl)C(c2ccc(Cl)cc2)C1. The van der Waals surface area contributed by atoms with Gasteiger partial charge in [-0.2, -0.15) is 5.10 Å². The Balaban J connectivity index is 0.000000343. The number of carbonyl (C=O) groups is 1. The number of hydrogen-bond acceptors (Lipinski definition) is 6. The van der Waals surface area contributed by atoms with Crippen molar-refractivity contribution >= 4 is 52.2 Å². The first-order valence-electron chi connectivity index (χ1n) is 8.25. The summed E-state index contributed by atoms with van der Waals surface area (Å²) in [5.74, 6) is 4.02. The number of hydrazone groups is 1. The summed E-state index contributed by atoms with van der Waals surface area (Å²) in [6, 6.07) is 12.0. The quantitative estimate of drug-likeness (QED) is 0.579. The minimum Gasteiger partial charge on any atom is -0.477 e. The van der Waals surface area contributed by atoms with Crippen LogP contribution in [0.25, 0.3) is 0 Å². The summed E-state index contributed by atoms with van der Waals surface area (Å²) in [4.78, 5) is 11.3. The number of carboxylic acids is 1. The summed E-state index contributed by atoms with van der Waals surface area (Å²) >= 11 is 18.1. The fraction of sp³-hybridized carbons (Fsp3) is 0.111. The molecule has 150 valence electrons. The standard InChI is InChI=1S/C16H11Cl3N2O2.C2H4N4/c17-10-3-1-9(2-4-10)15-8-13(16(22)23)20-21(15)14-6-5-11(18)7-12(14)19;3-6-1-4-5-2-6/h1-7,15H,8H2,(H,22,23);1-2H,3H2. The van der Waals surface area contributed by atoms with Gasteiger partial charge in [0.25, 0.3) is 0 Å². The van der Waals surface area contributed by atoms with Crippen molar-refractivity contribution in [3.8, 4) is 0 Å². The van der Waals surface area contributed by atoms with Crippen molar-refractivity contribution < 1.29 is 9.90 Å². The van der Waals surface area contributed by atoms with Crippen LogP contribution < -0.4 is 10.9 Å². The van der Waals surface area contributed by atoms with E-state index in [1.54, 1.807) is 35.3 Å². The second-order valence-electron chi connectivity index (χ2n) is 5.97. The summed E-state index contributed by atoms with van der Waals surface area (Å²) in [6.45, 7) is 0. The minimum absolute atomic E-state index is 0.0796. The Morgan fingerprint density at radius 2 is 1.66 bits per heavy atom. The molecule has 1 unspecified atom stereocenters. The second-order valence-corrected chi connectivity index (χ2v) is 7.25. The summed E-state index contributed by atoms with van der Waals surface area (Å²) in [6.07, 6.45) is 3.11. The Labute approximate surface area is 181 Å². The molecule has 29 heavy (non-hydrogen) atoms. The van der Waals surface area contributed by atoms with Crippen LogP contribution in [0.2, 0.25) is 15.1 Å². The van der Waals surface area contributed by atoms with Gasteiger partial charge in [-0.3, -0.25) is 5.01 Å². The Morgan fingerprint density at radius 3 is 2.17 bits per heavy atom. The van der Waals surface area contributed by atoms with Gasteiger partial charge in [0.05, 0.1) is 16.8 Å². The van der Waals surface area contributed by atoms with Gasteiger partial charge < -0.3 is 10.9 Å². The molecule has 3 aromatic rings.